The second-order valence-corrected chi connectivity index (χ2v) is 5.15. The number of halogens is 1. The van der Waals surface area contributed by atoms with E-state index in [1.807, 2.05) is 14.0 Å². The number of carbonyl (C=O) groups excluding carboxylic acids is 1. The van der Waals surface area contributed by atoms with Gasteiger partial charge in [0.25, 0.3) is 0 Å². The van der Waals surface area contributed by atoms with Crippen LogP contribution in [0.15, 0.2) is 6.33 Å². The maximum atomic E-state index is 11.4. The molecule has 2 rings (SSSR count). The van der Waals surface area contributed by atoms with Crippen molar-refractivity contribution in [3.63, 3.8) is 0 Å². The van der Waals surface area contributed by atoms with Gasteiger partial charge in [0.2, 0.25) is 0 Å². The molecule has 2 aromatic heterocycles. The predicted molar refractivity (Wildman–Crippen MR) is 71.5 cm³/mol. The first-order valence-electron chi connectivity index (χ1n) is 5.38. The molecule has 0 fully saturated rings. The minimum absolute atomic E-state index is 0.111. The Balaban J connectivity index is 2.16. The quantitative estimate of drug-likeness (QED) is 0.868. The highest BCUT2D eigenvalue weighted by atomic mass is 35.5. The van der Waals surface area contributed by atoms with Crippen molar-refractivity contribution in [1.82, 2.24) is 19.7 Å². The molecule has 102 valence electrons. The Hall–Kier alpha value is -1.67. The lowest BCUT2D eigenvalue weighted by Crippen LogP contribution is -2.11. The van der Waals surface area contributed by atoms with Gasteiger partial charge in [-0.15, -0.1) is 10.2 Å². The number of nitrogens with one attached hydrogen (secondary N) is 1. The lowest BCUT2D eigenvalue weighted by Gasteiger charge is -2.11. The third-order valence-electron chi connectivity index (χ3n) is 2.43. The molecule has 9 heteroatoms. The number of nitrogens with zero attached hydrogens (tertiary/aromatic N) is 4. The van der Waals surface area contributed by atoms with Gasteiger partial charge in [0.05, 0.1) is 13.2 Å². The Bertz CT molecular complexity index is 597. The van der Waals surface area contributed by atoms with E-state index < -0.39 is 5.97 Å². The summed E-state index contributed by atoms with van der Waals surface area (Å²) < 4.78 is 6.42. The largest absolute Gasteiger partial charge is 0.465 e. The lowest BCUT2D eigenvalue weighted by atomic mass is 10.3. The van der Waals surface area contributed by atoms with E-state index in [-0.39, 0.29) is 16.1 Å². The third-order valence-corrected chi connectivity index (χ3v) is 3.78. The molecule has 2 heterocycles. The molecule has 1 N–H and O–H groups in total. The molecule has 0 aliphatic heterocycles. The number of ether oxygens (including phenoxy) is 1. The summed E-state index contributed by atoms with van der Waals surface area (Å²) in [5, 5.41) is 11.6. The maximum absolute atomic E-state index is 11.4. The van der Waals surface area contributed by atoms with Crippen LogP contribution in [-0.4, -0.2) is 32.8 Å². The average Bonchev–Trinajstić information content (AvgIpc) is 2.94. The smallest absolute Gasteiger partial charge is 0.351 e. The summed E-state index contributed by atoms with van der Waals surface area (Å²) in [5.41, 5.74) is 0. The average molecular weight is 302 g/mol. The number of aromatic nitrogens is 4. The van der Waals surface area contributed by atoms with Crippen LogP contribution in [0.1, 0.15) is 28.5 Å². The highest BCUT2D eigenvalue weighted by Gasteiger charge is 2.19. The Morgan fingerprint density at radius 1 is 1.63 bits per heavy atom. The number of thiazole rings is 1. The van der Waals surface area contributed by atoms with Gasteiger partial charge in [-0.25, -0.2) is 9.78 Å². The SMILES string of the molecule is COC(=O)c1sc(NC(C)c2nncn2C)nc1Cl. The molecule has 0 spiro atoms. The Kier molecular flexibility index (Phi) is 4.01. The third kappa shape index (κ3) is 2.85. The summed E-state index contributed by atoms with van der Waals surface area (Å²) in [7, 11) is 3.15. The number of aryl methyl sites for hydroxylation is 1. The molecule has 19 heavy (non-hydrogen) atoms. The van der Waals surface area contributed by atoms with Crippen molar-refractivity contribution >= 4 is 34.0 Å². The second-order valence-electron chi connectivity index (χ2n) is 3.80. The Morgan fingerprint density at radius 2 is 2.37 bits per heavy atom. The van der Waals surface area contributed by atoms with Crippen molar-refractivity contribution in [2.24, 2.45) is 7.05 Å². The van der Waals surface area contributed by atoms with Gasteiger partial charge in [0, 0.05) is 7.05 Å². The zero-order valence-electron chi connectivity index (χ0n) is 10.5. The summed E-state index contributed by atoms with van der Waals surface area (Å²) in [6, 6.07) is -0.111. The van der Waals surface area contributed by atoms with Crippen LogP contribution < -0.4 is 5.32 Å². The molecule has 7 nitrogen and oxygen atoms in total. The summed E-state index contributed by atoms with van der Waals surface area (Å²) in [6.07, 6.45) is 1.61. The summed E-state index contributed by atoms with van der Waals surface area (Å²) >= 11 is 7.02. The van der Waals surface area contributed by atoms with Crippen molar-refractivity contribution in [3.8, 4) is 0 Å². The van der Waals surface area contributed by atoms with Gasteiger partial charge in [0.15, 0.2) is 21.0 Å². The molecule has 1 unspecified atom stereocenters. The molecule has 2 aromatic rings. The van der Waals surface area contributed by atoms with Crippen LogP contribution in [0.4, 0.5) is 5.13 Å². The van der Waals surface area contributed by atoms with Crippen LogP contribution in [0, 0.1) is 0 Å². The van der Waals surface area contributed by atoms with Crippen LogP contribution in [0.3, 0.4) is 0 Å². The van der Waals surface area contributed by atoms with Gasteiger partial charge in [-0.1, -0.05) is 22.9 Å². The lowest BCUT2D eigenvalue weighted by molar-refractivity contribution is 0.0606. The van der Waals surface area contributed by atoms with E-state index in [9.17, 15) is 4.79 Å². The maximum Gasteiger partial charge on any atom is 0.351 e. The van der Waals surface area contributed by atoms with Crippen LogP contribution in [0.2, 0.25) is 5.15 Å². The Morgan fingerprint density at radius 3 is 2.95 bits per heavy atom. The topological polar surface area (TPSA) is 81.9 Å². The number of esters is 1. The fourth-order valence-electron chi connectivity index (χ4n) is 1.52. The fourth-order valence-corrected chi connectivity index (χ4v) is 2.71. The van der Waals surface area contributed by atoms with Gasteiger partial charge in [-0.05, 0) is 6.92 Å². The number of anilines is 1. The number of hydrogen-bond acceptors (Lipinski definition) is 7. The second kappa shape index (κ2) is 5.54. The first-order chi connectivity index (χ1) is 9.02. The Labute approximate surface area is 118 Å². The van der Waals surface area contributed by atoms with E-state index in [0.717, 1.165) is 17.2 Å². The molecule has 0 saturated heterocycles. The van der Waals surface area contributed by atoms with E-state index in [0.29, 0.717) is 5.13 Å². The summed E-state index contributed by atoms with van der Waals surface area (Å²) in [5.74, 6) is 0.257. The molecule has 1 atom stereocenters. The number of hydrogen-bond donors (Lipinski definition) is 1. The van der Waals surface area contributed by atoms with Crippen LogP contribution in [0.5, 0.6) is 0 Å². The standard InChI is InChI=1S/C10H12ClN5O2S/c1-5(8-15-12-4-16(8)2)13-10-14-7(11)6(19-10)9(17)18-3/h4-5H,1-3H3,(H,13,14). The van der Waals surface area contributed by atoms with E-state index in [2.05, 4.69) is 25.2 Å². The van der Waals surface area contributed by atoms with Crippen molar-refractivity contribution in [1.29, 1.82) is 0 Å². The number of methoxy groups -OCH3 is 1. The molecule has 0 bridgehead atoms. The summed E-state index contributed by atoms with van der Waals surface area (Å²) in [6.45, 7) is 1.91. The van der Waals surface area contributed by atoms with Gasteiger partial charge in [-0.3, -0.25) is 0 Å². The number of carbonyl (C=O) groups is 1. The van der Waals surface area contributed by atoms with Crippen molar-refractivity contribution in [2.75, 3.05) is 12.4 Å². The zero-order valence-corrected chi connectivity index (χ0v) is 12.1. The highest BCUT2D eigenvalue weighted by molar-refractivity contribution is 7.18. The first-order valence-corrected chi connectivity index (χ1v) is 6.57. The minimum Gasteiger partial charge on any atom is -0.465 e. The van der Waals surface area contributed by atoms with Gasteiger partial charge < -0.3 is 14.6 Å². The molecule has 0 aromatic carbocycles. The van der Waals surface area contributed by atoms with E-state index in [4.69, 9.17) is 11.6 Å². The molecule has 0 saturated carbocycles. The molecule has 0 aliphatic rings. The monoisotopic (exact) mass is 301 g/mol. The molecule has 0 aliphatic carbocycles. The van der Waals surface area contributed by atoms with Crippen LogP contribution in [0.25, 0.3) is 0 Å². The van der Waals surface area contributed by atoms with Crippen LogP contribution in [-0.2, 0) is 11.8 Å². The molecular weight excluding hydrogens is 290 g/mol. The summed E-state index contributed by atoms with van der Waals surface area (Å²) in [4.78, 5) is 15.8. The first kappa shape index (κ1) is 13.8. The molecule has 0 radical (unpaired) electrons. The minimum atomic E-state index is -0.498. The normalized spacial score (nSPS) is 12.2. The molecule has 0 amide bonds. The zero-order chi connectivity index (χ0) is 14.0. The van der Waals surface area contributed by atoms with E-state index in [1.54, 1.807) is 10.9 Å². The van der Waals surface area contributed by atoms with Crippen molar-refractivity contribution < 1.29 is 9.53 Å². The number of rotatable bonds is 4. The highest BCUT2D eigenvalue weighted by Crippen LogP contribution is 2.29. The van der Waals surface area contributed by atoms with Gasteiger partial charge in [0.1, 0.15) is 6.33 Å². The van der Waals surface area contributed by atoms with Gasteiger partial charge >= 0.3 is 5.97 Å². The predicted octanol–water partition coefficient (Wildman–Crippen LogP) is 1.88. The van der Waals surface area contributed by atoms with Crippen LogP contribution >= 0.6 is 22.9 Å². The van der Waals surface area contributed by atoms with Crippen molar-refractivity contribution in [3.05, 3.63) is 22.2 Å². The van der Waals surface area contributed by atoms with Crippen molar-refractivity contribution in [2.45, 2.75) is 13.0 Å². The fraction of sp³-hybridized carbons (Fsp3) is 0.400. The van der Waals surface area contributed by atoms with E-state index in [1.165, 1.54) is 7.11 Å². The van der Waals surface area contributed by atoms with Gasteiger partial charge in [-0.2, -0.15) is 0 Å². The van der Waals surface area contributed by atoms with E-state index >= 15 is 0 Å². The molecular formula is C10H12ClN5O2S.